The number of alkyl halides is 1. The second kappa shape index (κ2) is 4.61. The lowest BCUT2D eigenvalue weighted by molar-refractivity contribution is 0.599. The summed E-state index contributed by atoms with van der Waals surface area (Å²) in [5.41, 5.74) is 0. The third-order valence-corrected chi connectivity index (χ3v) is 2.98. The van der Waals surface area contributed by atoms with Crippen molar-refractivity contribution in [2.24, 2.45) is 0 Å². The average Bonchev–Trinajstić information content (AvgIpc) is 2.47. The molecule has 14 heavy (non-hydrogen) atoms. The zero-order valence-electron chi connectivity index (χ0n) is 7.62. The van der Waals surface area contributed by atoms with Gasteiger partial charge < -0.3 is 0 Å². The molecule has 0 saturated heterocycles. The summed E-state index contributed by atoms with van der Waals surface area (Å²) in [6.45, 7) is 1.68. The Kier molecular flexibility index (Phi) is 3.70. The van der Waals surface area contributed by atoms with E-state index in [1.165, 1.54) is 0 Å². The first-order chi connectivity index (χ1) is 6.53. The number of nitrogens with zero attached hydrogens (tertiary/aromatic N) is 2. The van der Waals surface area contributed by atoms with Crippen LogP contribution in [0, 0.1) is 6.92 Å². The molecule has 1 rings (SSSR count). The number of aryl methyl sites for hydroxylation is 1. The standard InChI is InChI=1S/C6H11ClN4O2S/c1-5-8-6(10-9-5)11-14(12,13)4-2-3-7/h2-4H2,1H3,(H2,8,9,10,11). The Morgan fingerprint density at radius 3 is 2.79 bits per heavy atom. The summed E-state index contributed by atoms with van der Waals surface area (Å²) in [5, 5.41) is 6.18. The molecule has 0 fully saturated rings. The highest BCUT2D eigenvalue weighted by Gasteiger charge is 2.12. The Balaban J connectivity index is 2.59. The zero-order chi connectivity index (χ0) is 10.6. The molecule has 2 N–H and O–H groups in total. The molecule has 1 aromatic rings. The molecule has 0 bridgehead atoms. The summed E-state index contributed by atoms with van der Waals surface area (Å²) < 4.78 is 24.8. The van der Waals surface area contributed by atoms with Crippen LogP contribution in [0.5, 0.6) is 0 Å². The van der Waals surface area contributed by atoms with Crippen LogP contribution in [0.1, 0.15) is 12.2 Å². The van der Waals surface area contributed by atoms with Crippen LogP contribution in [-0.2, 0) is 10.0 Å². The fraction of sp³-hybridized carbons (Fsp3) is 0.667. The van der Waals surface area contributed by atoms with Crippen molar-refractivity contribution in [3.05, 3.63) is 5.82 Å². The molecule has 0 spiro atoms. The number of anilines is 1. The van der Waals surface area contributed by atoms with Crippen molar-refractivity contribution in [1.82, 2.24) is 15.2 Å². The van der Waals surface area contributed by atoms with Crippen LogP contribution in [0.3, 0.4) is 0 Å². The summed E-state index contributed by atoms with van der Waals surface area (Å²) in [4.78, 5) is 3.81. The Morgan fingerprint density at radius 1 is 1.57 bits per heavy atom. The van der Waals surface area contributed by atoms with E-state index in [4.69, 9.17) is 11.6 Å². The van der Waals surface area contributed by atoms with Crippen LogP contribution in [0.25, 0.3) is 0 Å². The molecule has 0 aromatic carbocycles. The van der Waals surface area contributed by atoms with Crippen LogP contribution < -0.4 is 4.72 Å². The lowest BCUT2D eigenvalue weighted by Gasteiger charge is -2.01. The highest BCUT2D eigenvalue weighted by Crippen LogP contribution is 2.02. The SMILES string of the molecule is Cc1nc(NS(=O)(=O)CCCCl)n[nH]1. The van der Waals surface area contributed by atoms with Gasteiger partial charge in [0.2, 0.25) is 10.0 Å². The van der Waals surface area contributed by atoms with Crippen molar-refractivity contribution in [2.45, 2.75) is 13.3 Å². The molecule has 8 heteroatoms. The summed E-state index contributed by atoms with van der Waals surface area (Å²) in [6.07, 6.45) is 0.403. The molecule has 0 atom stereocenters. The Bertz CT molecular complexity index is 388. The molecule has 1 heterocycles. The van der Waals surface area contributed by atoms with Crippen molar-refractivity contribution in [3.8, 4) is 0 Å². The van der Waals surface area contributed by atoms with Crippen molar-refractivity contribution >= 4 is 27.6 Å². The predicted molar refractivity (Wildman–Crippen MR) is 53.9 cm³/mol. The van der Waals surface area contributed by atoms with Gasteiger partial charge in [-0.2, -0.15) is 4.98 Å². The van der Waals surface area contributed by atoms with Crippen LogP contribution in [-0.4, -0.2) is 35.2 Å². The van der Waals surface area contributed by atoms with Crippen LogP contribution in [0.2, 0.25) is 0 Å². The van der Waals surface area contributed by atoms with Crippen LogP contribution in [0.4, 0.5) is 5.95 Å². The molecule has 80 valence electrons. The van der Waals surface area contributed by atoms with Gasteiger partial charge in [-0.05, 0) is 13.3 Å². The first-order valence-corrected chi connectivity index (χ1v) is 6.17. The van der Waals surface area contributed by atoms with Crippen molar-refractivity contribution in [1.29, 1.82) is 0 Å². The van der Waals surface area contributed by atoms with Crippen molar-refractivity contribution in [2.75, 3.05) is 16.4 Å². The summed E-state index contributed by atoms with van der Waals surface area (Å²) in [5.74, 6) is 0.912. The number of aromatic amines is 1. The van der Waals surface area contributed by atoms with Crippen molar-refractivity contribution < 1.29 is 8.42 Å². The van der Waals surface area contributed by atoms with E-state index in [1.807, 2.05) is 0 Å². The normalized spacial score (nSPS) is 11.6. The number of sulfonamides is 1. The van der Waals surface area contributed by atoms with Crippen molar-refractivity contribution in [3.63, 3.8) is 0 Å². The smallest absolute Gasteiger partial charge is 0.255 e. The van der Waals surface area contributed by atoms with Gasteiger partial charge in [-0.3, -0.25) is 5.10 Å². The number of halogens is 1. The zero-order valence-corrected chi connectivity index (χ0v) is 9.19. The van der Waals surface area contributed by atoms with E-state index in [0.717, 1.165) is 0 Å². The van der Waals surface area contributed by atoms with E-state index in [9.17, 15) is 8.42 Å². The molecule has 1 aromatic heterocycles. The van der Waals surface area contributed by atoms with Gasteiger partial charge in [-0.1, -0.05) is 0 Å². The Labute approximate surface area is 87.1 Å². The summed E-state index contributed by atoms with van der Waals surface area (Å²) in [6, 6.07) is 0. The van der Waals surface area contributed by atoms with E-state index < -0.39 is 10.0 Å². The molecule has 0 aliphatic rings. The van der Waals surface area contributed by atoms with Gasteiger partial charge in [-0.25, -0.2) is 13.1 Å². The third-order valence-electron chi connectivity index (χ3n) is 1.39. The topological polar surface area (TPSA) is 87.7 Å². The Morgan fingerprint density at radius 2 is 2.29 bits per heavy atom. The van der Waals surface area contributed by atoms with Crippen LogP contribution >= 0.6 is 11.6 Å². The lowest BCUT2D eigenvalue weighted by Crippen LogP contribution is -2.17. The number of rotatable bonds is 5. The minimum atomic E-state index is -3.36. The first-order valence-electron chi connectivity index (χ1n) is 3.99. The fourth-order valence-electron chi connectivity index (χ4n) is 0.823. The van der Waals surface area contributed by atoms with Gasteiger partial charge in [0.25, 0.3) is 5.95 Å². The summed E-state index contributed by atoms with van der Waals surface area (Å²) in [7, 11) is -3.36. The molecular weight excluding hydrogens is 228 g/mol. The largest absolute Gasteiger partial charge is 0.261 e. The highest BCUT2D eigenvalue weighted by atomic mass is 35.5. The molecule has 0 saturated carbocycles. The van der Waals surface area contributed by atoms with E-state index >= 15 is 0 Å². The second-order valence-corrected chi connectivity index (χ2v) is 4.93. The van der Waals surface area contributed by atoms with Crippen LogP contribution in [0.15, 0.2) is 0 Å². The van der Waals surface area contributed by atoms with Gasteiger partial charge >= 0.3 is 0 Å². The van der Waals surface area contributed by atoms with Gasteiger partial charge in [0.05, 0.1) is 5.75 Å². The molecular formula is C6H11ClN4O2S. The Hall–Kier alpha value is -0.820. The van der Waals surface area contributed by atoms with E-state index in [-0.39, 0.29) is 11.7 Å². The predicted octanol–water partition coefficient (Wildman–Crippen LogP) is 0.484. The molecule has 0 amide bonds. The highest BCUT2D eigenvalue weighted by molar-refractivity contribution is 7.92. The minimum Gasteiger partial charge on any atom is -0.261 e. The maximum atomic E-state index is 11.3. The molecule has 0 aliphatic heterocycles. The number of hydrogen-bond acceptors (Lipinski definition) is 4. The minimum absolute atomic E-state index is 0.0237. The number of aromatic nitrogens is 3. The molecule has 0 radical (unpaired) electrons. The van der Waals surface area contributed by atoms with Gasteiger partial charge in [-0.15, -0.1) is 16.7 Å². The molecule has 6 nitrogen and oxygen atoms in total. The second-order valence-electron chi connectivity index (χ2n) is 2.71. The van der Waals surface area contributed by atoms with Gasteiger partial charge in [0.1, 0.15) is 5.82 Å². The third kappa shape index (κ3) is 3.51. The lowest BCUT2D eigenvalue weighted by atomic mass is 10.6. The maximum absolute atomic E-state index is 11.3. The quantitative estimate of drug-likeness (QED) is 0.731. The monoisotopic (exact) mass is 238 g/mol. The fourth-order valence-corrected chi connectivity index (χ4v) is 2.11. The van der Waals surface area contributed by atoms with Gasteiger partial charge in [0, 0.05) is 5.88 Å². The molecule has 0 aliphatic carbocycles. The van der Waals surface area contributed by atoms with E-state index in [0.29, 0.717) is 18.1 Å². The van der Waals surface area contributed by atoms with E-state index in [1.54, 1.807) is 6.92 Å². The average molecular weight is 239 g/mol. The summed E-state index contributed by atoms with van der Waals surface area (Å²) >= 11 is 5.39. The number of nitrogens with one attached hydrogen (secondary N) is 2. The first kappa shape index (κ1) is 11.3. The number of H-pyrrole nitrogens is 1. The molecule has 0 unspecified atom stereocenters. The van der Waals surface area contributed by atoms with E-state index in [2.05, 4.69) is 19.9 Å². The van der Waals surface area contributed by atoms with Gasteiger partial charge in [0.15, 0.2) is 0 Å². The number of hydrogen-bond donors (Lipinski definition) is 2. The maximum Gasteiger partial charge on any atom is 0.255 e.